The summed E-state index contributed by atoms with van der Waals surface area (Å²) in [5.41, 5.74) is 2.29. The molecule has 0 radical (unpaired) electrons. The van der Waals surface area contributed by atoms with Crippen LogP contribution in [0.2, 0.25) is 0 Å². The van der Waals surface area contributed by atoms with Crippen molar-refractivity contribution in [2.75, 3.05) is 32.1 Å². The Morgan fingerprint density at radius 2 is 2.04 bits per heavy atom. The Morgan fingerprint density at radius 1 is 1.22 bits per heavy atom. The van der Waals surface area contributed by atoms with Crippen LogP contribution in [0.15, 0.2) is 40.9 Å². The van der Waals surface area contributed by atoms with E-state index in [0.29, 0.717) is 13.2 Å². The highest BCUT2D eigenvalue weighted by Gasteiger charge is 2.04. The summed E-state index contributed by atoms with van der Waals surface area (Å²) < 4.78 is 5.72. The maximum absolute atomic E-state index is 11.1. The second-order valence-corrected chi connectivity index (χ2v) is 6.34. The first-order valence-corrected chi connectivity index (χ1v) is 9.30. The van der Waals surface area contributed by atoms with Gasteiger partial charge >= 0.3 is 0 Å². The number of amides is 1. The third kappa shape index (κ3) is 9.65. The van der Waals surface area contributed by atoms with Crippen molar-refractivity contribution in [2.45, 2.75) is 39.0 Å². The number of hydrogen-bond donors (Lipinski definition) is 3. The maximum Gasteiger partial charge on any atom is 0.221 e. The zero-order valence-electron chi connectivity index (χ0n) is 16.2. The van der Waals surface area contributed by atoms with Gasteiger partial charge in [0, 0.05) is 32.3 Å². The lowest BCUT2D eigenvalue weighted by molar-refractivity contribution is -0.114. The van der Waals surface area contributed by atoms with E-state index in [4.69, 9.17) is 4.74 Å². The number of allylic oxidation sites excluding steroid dienone is 1. The predicted molar refractivity (Wildman–Crippen MR) is 122 cm³/mol. The molecule has 0 aliphatic heterocycles. The van der Waals surface area contributed by atoms with Crippen molar-refractivity contribution in [2.24, 2.45) is 4.99 Å². The van der Waals surface area contributed by atoms with Crippen LogP contribution in [0.1, 0.15) is 39.0 Å². The molecular formula is C20H31IN4O2. The summed E-state index contributed by atoms with van der Waals surface area (Å²) in [7, 11) is 1.77. The normalized spacial score (nSPS) is 13.9. The van der Waals surface area contributed by atoms with Crippen molar-refractivity contribution < 1.29 is 9.53 Å². The molecule has 1 aliphatic rings. The number of nitrogens with zero attached hydrogens (tertiary/aromatic N) is 1. The topological polar surface area (TPSA) is 74.8 Å². The Kier molecular flexibility index (Phi) is 11.6. The van der Waals surface area contributed by atoms with E-state index >= 15 is 0 Å². The van der Waals surface area contributed by atoms with E-state index < -0.39 is 0 Å². The minimum absolute atomic E-state index is 0. The van der Waals surface area contributed by atoms with Gasteiger partial charge in [-0.3, -0.25) is 9.79 Å². The Labute approximate surface area is 179 Å². The maximum atomic E-state index is 11.1. The van der Waals surface area contributed by atoms with Gasteiger partial charge < -0.3 is 20.7 Å². The molecule has 7 heteroatoms. The average molecular weight is 486 g/mol. The molecule has 0 aromatic heterocycles. The lowest BCUT2D eigenvalue weighted by Crippen LogP contribution is -2.39. The third-order valence-corrected chi connectivity index (χ3v) is 4.16. The number of anilines is 1. The molecule has 6 nitrogen and oxygen atoms in total. The van der Waals surface area contributed by atoms with Gasteiger partial charge in [0.2, 0.25) is 5.91 Å². The highest BCUT2D eigenvalue weighted by atomic mass is 127. The highest BCUT2D eigenvalue weighted by molar-refractivity contribution is 14.0. The Balaban J connectivity index is 0.00000364. The van der Waals surface area contributed by atoms with Crippen LogP contribution < -0.4 is 20.7 Å². The molecular weight excluding hydrogens is 455 g/mol. The number of ether oxygens (including phenoxy) is 1. The fourth-order valence-electron chi connectivity index (χ4n) is 2.90. The molecule has 0 spiro atoms. The average Bonchev–Trinajstić information content (AvgIpc) is 2.64. The lowest BCUT2D eigenvalue weighted by Gasteiger charge is -2.15. The Morgan fingerprint density at radius 3 is 2.74 bits per heavy atom. The zero-order valence-corrected chi connectivity index (χ0v) is 18.5. The summed E-state index contributed by atoms with van der Waals surface area (Å²) >= 11 is 0. The van der Waals surface area contributed by atoms with E-state index in [-0.39, 0.29) is 29.9 Å². The number of aliphatic imine (C=N–C) groups is 1. The van der Waals surface area contributed by atoms with Crippen LogP contribution in [-0.2, 0) is 4.79 Å². The largest absolute Gasteiger partial charge is 0.492 e. The van der Waals surface area contributed by atoms with Crippen LogP contribution in [0.3, 0.4) is 0 Å². The van der Waals surface area contributed by atoms with E-state index in [1.54, 1.807) is 12.6 Å². The van der Waals surface area contributed by atoms with Crippen LogP contribution >= 0.6 is 24.0 Å². The van der Waals surface area contributed by atoms with E-state index in [1.165, 1.54) is 32.6 Å². The standard InChI is InChI=1S/C20H30N4O2.HI/c1-16(25)24-18-9-6-10-19(15-18)26-14-13-23-20(21-2)22-12-11-17-7-4-3-5-8-17;/h6-7,9-10,15H,3-5,8,11-14H2,1-2H3,(H,24,25)(H2,21,22,23);1H. The number of hydrogen-bond acceptors (Lipinski definition) is 3. The molecule has 0 saturated carbocycles. The molecule has 2 rings (SSSR count). The third-order valence-electron chi connectivity index (χ3n) is 4.16. The first-order chi connectivity index (χ1) is 12.7. The molecule has 1 amide bonds. The molecule has 150 valence electrons. The van der Waals surface area contributed by atoms with Crippen LogP contribution in [0.5, 0.6) is 5.75 Å². The van der Waals surface area contributed by atoms with Gasteiger partial charge in [0.05, 0.1) is 6.54 Å². The molecule has 1 aromatic carbocycles. The van der Waals surface area contributed by atoms with Gasteiger partial charge in [0.15, 0.2) is 5.96 Å². The van der Waals surface area contributed by atoms with Gasteiger partial charge in [-0.25, -0.2) is 0 Å². The summed E-state index contributed by atoms with van der Waals surface area (Å²) in [5, 5.41) is 9.33. The minimum Gasteiger partial charge on any atom is -0.492 e. The highest BCUT2D eigenvalue weighted by Crippen LogP contribution is 2.19. The van der Waals surface area contributed by atoms with E-state index in [0.717, 1.165) is 30.4 Å². The Hall–Kier alpha value is -1.77. The van der Waals surface area contributed by atoms with Crippen molar-refractivity contribution in [1.29, 1.82) is 0 Å². The molecule has 0 atom stereocenters. The van der Waals surface area contributed by atoms with Crippen molar-refractivity contribution in [3.05, 3.63) is 35.9 Å². The van der Waals surface area contributed by atoms with Gasteiger partial charge in [0.1, 0.15) is 12.4 Å². The Bertz CT molecular complexity index is 647. The van der Waals surface area contributed by atoms with Gasteiger partial charge in [0.25, 0.3) is 0 Å². The molecule has 0 heterocycles. The predicted octanol–water partition coefficient (Wildman–Crippen LogP) is 3.70. The first kappa shape index (κ1) is 23.3. The number of carbonyl (C=O) groups excluding carboxylic acids is 1. The molecule has 0 unspecified atom stereocenters. The van der Waals surface area contributed by atoms with Gasteiger partial charge in [-0.2, -0.15) is 0 Å². The SMILES string of the molecule is CN=C(NCCOc1cccc(NC(C)=O)c1)NCCC1=CCCCC1.I. The van der Waals surface area contributed by atoms with Crippen LogP contribution in [0.4, 0.5) is 5.69 Å². The molecule has 0 saturated heterocycles. The van der Waals surface area contributed by atoms with Crippen LogP contribution in [0.25, 0.3) is 0 Å². The second kappa shape index (κ2) is 13.4. The first-order valence-electron chi connectivity index (χ1n) is 9.30. The summed E-state index contributed by atoms with van der Waals surface area (Å²) in [6.45, 7) is 3.54. The van der Waals surface area contributed by atoms with Gasteiger partial charge in [-0.1, -0.05) is 17.7 Å². The number of nitrogens with one attached hydrogen (secondary N) is 3. The van der Waals surface area contributed by atoms with Crippen molar-refractivity contribution in [3.63, 3.8) is 0 Å². The number of rotatable bonds is 8. The summed E-state index contributed by atoms with van der Waals surface area (Å²) in [6, 6.07) is 7.37. The number of benzene rings is 1. The number of guanidine groups is 1. The second-order valence-electron chi connectivity index (χ2n) is 6.34. The smallest absolute Gasteiger partial charge is 0.221 e. The molecule has 1 aliphatic carbocycles. The molecule has 27 heavy (non-hydrogen) atoms. The lowest BCUT2D eigenvalue weighted by atomic mass is 9.97. The minimum atomic E-state index is -0.0947. The van der Waals surface area contributed by atoms with Crippen molar-refractivity contribution in [1.82, 2.24) is 10.6 Å². The van der Waals surface area contributed by atoms with E-state index in [2.05, 4.69) is 27.0 Å². The molecule has 0 bridgehead atoms. The number of halogens is 1. The monoisotopic (exact) mass is 486 g/mol. The van der Waals surface area contributed by atoms with E-state index in [1.807, 2.05) is 24.3 Å². The molecule has 3 N–H and O–H groups in total. The quantitative estimate of drug-likeness (QED) is 0.172. The fraction of sp³-hybridized carbons (Fsp3) is 0.500. The van der Waals surface area contributed by atoms with Gasteiger partial charge in [-0.15, -0.1) is 24.0 Å². The van der Waals surface area contributed by atoms with E-state index in [9.17, 15) is 4.79 Å². The van der Waals surface area contributed by atoms with Gasteiger partial charge in [-0.05, 0) is 44.2 Å². The van der Waals surface area contributed by atoms with Crippen LogP contribution in [0, 0.1) is 0 Å². The number of carbonyl (C=O) groups is 1. The molecule has 1 aromatic rings. The van der Waals surface area contributed by atoms with Crippen molar-refractivity contribution in [3.8, 4) is 5.75 Å². The van der Waals surface area contributed by atoms with Crippen molar-refractivity contribution >= 4 is 41.5 Å². The summed E-state index contributed by atoms with van der Waals surface area (Å²) in [6.07, 6.45) is 8.56. The fourth-order valence-corrected chi connectivity index (χ4v) is 2.90. The van der Waals surface area contributed by atoms with Crippen LogP contribution in [-0.4, -0.2) is 38.6 Å². The zero-order chi connectivity index (χ0) is 18.6. The summed E-state index contributed by atoms with van der Waals surface area (Å²) in [5.74, 6) is 1.42. The summed E-state index contributed by atoms with van der Waals surface area (Å²) in [4.78, 5) is 15.3. The molecule has 0 fully saturated rings.